The molecule has 0 radical (unpaired) electrons. The minimum Gasteiger partial charge on any atom is -0.508 e. The molecule has 0 amide bonds. The van der Waals surface area contributed by atoms with Crippen molar-refractivity contribution in [3.8, 4) is 5.75 Å². The Morgan fingerprint density at radius 2 is 1.91 bits per heavy atom. The lowest BCUT2D eigenvalue weighted by Gasteiger charge is -2.22. The van der Waals surface area contributed by atoms with Crippen LogP contribution in [0.25, 0.3) is 11.2 Å². The molecule has 3 unspecified atom stereocenters. The average molecular weight is 457 g/mol. The Morgan fingerprint density at radius 3 is 2.67 bits per heavy atom. The number of phenols is 1. The van der Waals surface area contributed by atoms with Crippen molar-refractivity contribution in [3.05, 3.63) is 42.5 Å². The number of aliphatic hydroxyl groups is 3. The molecule has 11 heteroatoms. The lowest BCUT2D eigenvalue weighted by molar-refractivity contribution is -0.0511. The Morgan fingerprint density at radius 1 is 1.09 bits per heavy atom. The second-order valence-corrected chi connectivity index (χ2v) is 8.47. The number of rotatable bonds is 7. The van der Waals surface area contributed by atoms with E-state index in [9.17, 15) is 20.4 Å². The minimum atomic E-state index is -1.22. The van der Waals surface area contributed by atoms with E-state index in [1.165, 1.54) is 12.7 Å². The second-order valence-electron chi connectivity index (χ2n) is 8.47. The van der Waals surface area contributed by atoms with Gasteiger partial charge in [0.2, 0.25) is 0 Å². The summed E-state index contributed by atoms with van der Waals surface area (Å²) in [6, 6.07) is 7.00. The van der Waals surface area contributed by atoms with Crippen molar-refractivity contribution < 1.29 is 29.9 Å². The molecule has 1 saturated heterocycles. The predicted molar refractivity (Wildman–Crippen MR) is 116 cm³/mol. The van der Waals surface area contributed by atoms with Crippen LogP contribution in [0.15, 0.2) is 36.9 Å². The molecule has 0 bridgehead atoms. The summed E-state index contributed by atoms with van der Waals surface area (Å²) < 4.78 is 13.3. The summed E-state index contributed by atoms with van der Waals surface area (Å²) in [5.74, 6) is 0.777. The summed E-state index contributed by atoms with van der Waals surface area (Å²) in [6.45, 7) is 0.0402. The molecule has 2 aromatic heterocycles. The Bertz CT molecular complexity index is 1090. The van der Waals surface area contributed by atoms with Gasteiger partial charge in [0.1, 0.15) is 30.4 Å². The highest BCUT2D eigenvalue weighted by molar-refractivity contribution is 5.82. The highest BCUT2D eigenvalue weighted by atomic mass is 16.6. The summed E-state index contributed by atoms with van der Waals surface area (Å²) in [5.41, 5.74) is 1.95. The normalized spacial score (nSPS) is 29.7. The van der Waals surface area contributed by atoms with Crippen LogP contribution in [0, 0.1) is 0 Å². The third-order valence-electron chi connectivity index (χ3n) is 6.33. The Labute approximate surface area is 189 Å². The van der Waals surface area contributed by atoms with E-state index < -0.39 is 31.1 Å². The van der Waals surface area contributed by atoms with Crippen molar-refractivity contribution in [2.45, 2.75) is 62.6 Å². The second kappa shape index (κ2) is 9.20. The average Bonchev–Trinajstić information content (AvgIpc) is 3.52. The molecule has 5 rings (SSSR count). The molecule has 0 spiro atoms. The molecule has 1 aliphatic heterocycles. The van der Waals surface area contributed by atoms with E-state index in [0.29, 0.717) is 23.6 Å². The molecule has 1 aliphatic carbocycles. The van der Waals surface area contributed by atoms with Gasteiger partial charge in [0, 0.05) is 0 Å². The van der Waals surface area contributed by atoms with Gasteiger partial charge in [-0.05, 0) is 37.0 Å². The van der Waals surface area contributed by atoms with Gasteiger partial charge in [-0.3, -0.25) is 4.57 Å². The molecule has 5 N–H and O–H groups in total. The molecule has 11 nitrogen and oxygen atoms in total. The number of anilines is 1. The number of imidazole rings is 1. The predicted octanol–water partition coefficient (Wildman–Crippen LogP) is 0.693. The standard InChI is InChI=1S/C22H27N5O6/c28-8-16-18(30)19(31)22(33-16)27-11-25-17-20(23-10-24-21(17)27)26-14-2-1-3-15(14)32-9-12-4-6-13(29)7-5-12/h4-7,10-11,14-16,18-19,22,28-31H,1-3,8-9H2,(H,23,24,26)/t14?,15-,16?,18-,19-,22?/m1/s1. The molecule has 176 valence electrons. The number of aromatic nitrogens is 4. The highest BCUT2D eigenvalue weighted by Gasteiger charge is 2.44. The maximum atomic E-state index is 10.4. The molecular formula is C22H27N5O6. The van der Waals surface area contributed by atoms with E-state index in [4.69, 9.17) is 9.47 Å². The van der Waals surface area contributed by atoms with Crippen molar-refractivity contribution >= 4 is 17.0 Å². The van der Waals surface area contributed by atoms with Crippen molar-refractivity contribution in [2.75, 3.05) is 11.9 Å². The number of nitrogens with zero attached hydrogens (tertiary/aromatic N) is 4. The topological polar surface area (TPSA) is 155 Å². The summed E-state index contributed by atoms with van der Waals surface area (Å²) in [5, 5.41) is 42.7. The van der Waals surface area contributed by atoms with Gasteiger partial charge >= 0.3 is 0 Å². The fourth-order valence-electron chi connectivity index (χ4n) is 4.52. The summed E-state index contributed by atoms with van der Waals surface area (Å²) in [7, 11) is 0. The summed E-state index contributed by atoms with van der Waals surface area (Å²) in [4.78, 5) is 13.1. The number of aliphatic hydroxyl groups excluding tert-OH is 3. The fraction of sp³-hybridized carbons (Fsp3) is 0.500. The van der Waals surface area contributed by atoms with Gasteiger partial charge in [-0.25, -0.2) is 15.0 Å². The van der Waals surface area contributed by atoms with Crippen molar-refractivity contribution in [2.24, 2.45) is 0 Å². The number of benzene rings is 1. The summed E-state index contributed by atoms with van der Waals surface area (Å²) in [6.07, 6.45) is 1.51. The number of phenolic OH excluding ortho intramolecular Hbond substituents is 1. The van der Waals surface area contributed by atoms with Crippen LogP contribution in [0.2, 0.25) is 0 Å². The first-order valence-corrected chi connectivity index (χ1v) is 11.0. The third-order valence-corrected chi connectivity index (χ3v) is 6.33. The molecule has 33 heavy (non-hydrogen) atoms. The first-order valence-electron chi connectivity index (χ1n) is 11.0. The van der Waals surface area contributed by atoms with Crippen LogP contribution in [-0.2, 0) is 16.1 Å². The number of hydrogen-bond donors (Lipinski definition) is 5. The van der Waals surface area contributed by atoms with Crippen molar-refractivity contribution in [1.29, 1.82) is 0 Å². The first-order chi connectivity index (χ1) is 16.0. The molecule has 2 fully saturated rings. The van der Waals surface area contributed by atoms with Crippen LogP contribution in [0.3, 0.4) is 0 Å². The van der Waals surface area contributed by atoms with E-state index in [-0.39, 0.29) is 17.9 Å². The van der Waals surface area contributed by atoms with Gasteiger partial charge in [0.25, 0.3) is 0 Å². The van der Waals surface area contributed by atoms with Crippen LogP contribution >= 0.6 is 0 Å². The largest absolute Gasteiger partial charge is 0.508 e. The molecular weight excluding hydrogens is 430 g/mol. The van der Waals surface area contributed by atoms with E-state index in [0.717, 1.165) is 24.8 Å². The van der Waals surface area contributed by atoms with Gasteiger partial charge in [-0.2, -0.15) is 0 Å². The van der Waals surface area contributed by atoms with Crippen molar-refractivity contribution in [3.63, 3.8) is 0 Å². The van der Waals surface area contributed by atoms with Gasteiger partial charge in [-0.1, -0.05) is 12.1 Å². The van der Waals surface area contributed by atoms with Crippen LogP contribution in [-0.4, -0.2) is 77.0 Å². The van der Waals surface area contributed by atoms with Crippen LogP contribution < -0.4 is 5.32 Å². The fourth-order valence-corrected chi connectivity index (χ4v) is 4.52. The Kier molecular flexibility index (Phi) is 6.13. The van der Waals surface area contributed by atoms with Gasteiger partial charge in [-0.15, -0.1) is 0 Å². The Balaban J connectivity index is 1.31. The zero-order valence-corrected chi connectivity index (χ0v) is 17.9. The summed E-state index contributed by atoms with van der Waals surface area (Å²) >= 11 is 0. The molecule has 1 aromatic carbocycles. The quantitative estimate of drug-likeness (QED) is 0.342. The highest BCUT2D eigenvalue weighted by Crippen LogP contribution is 2.33. The lowest BCUT2D eigenvalue weighted by Crippen LogP contribution is -2.33. The number of aromatic hydroxyl groups is 1. The Hall–Kier alpha value is -2.83. The van der Waals surface area contributed by atoms with E-state index in [1.807, 2.05) is 12.1 Å². The number of nitrogens with one attached hydrogen (secondary N) is 1. The van der Waals surface area contributed by atoms with Crippen LogP contribution in [0.5, 0.6) is 5.75 Å². The molecule has 3 heterocycles. The third kappa shape index (κ3) is 4.25. The van der Waals surface area contributed by atoms with Crippen molar-refractivity contribution in [1.82, 2.24) is 19.5 Å². The monoisotopic (exact) mass is 457 g/mol. The van der Waals surface area contributed by atoms with Crippen LogP contribution in [0.4, 0.5) is 5.82 Å². The number of ether oxygens (including phenoxy) is 2. The maximum Gasteiger partial charge on any atom is 0.167 e. The van der Waals surface area contributed by atoms with Gasteiger partial charge in [0.15, 0.2) is 23.2 Å². The van der Waals surface area contributed by atoms with Gasteiger partial charge in [0.05, 0.1) is 31.7 Å². The van der Waals surface area contributed by atoms with Crippen LogP contribution in [0.1, 0.15) is 31.1 Å². The van der Waals surface area contributed by atoms with E-state index in [1.54, 1.807) is 16.7 Å². The van der Waals surface area contributed by atoms with E-state index in [2.05, 4.69) is 20.3 Å². The lowest BCUT2D eigenvalue weighted by atomic mass is 10.1. The maximum absolute atomic E-state index is 10.4. The number of hydrogen-bond acceptors (Lipinski definition) is 10. The molecule has 2 aliphatic rings. The SMILES string of the molecule is OCC1OC(n2cnc3c(NC4CCC[C@H]4OCc4ccc(O)cc4)ncnc32)[C@H](O)[C@@H]1O. The first kappa shape index (κ1) is 22.0. The zero-order chi connectivity index (χ0) is 22.9. The molecule has 6 atom stereocenters. The van der Waals surface area contributed by atoms with Gasteiger partial charge < -0.3 is 35.2 Å². The number of fused-ring (bicyclic) bond motifs is 1. The molecule has 3 aromatic rings. The molecule has 1 saturated carbocycles. The minimum absolute atomic E-state index is 0.00801. The smallest absolute Gasteiger partial charge is 0.167 e. The zero-order valence-electron chi connectivity index (χ0n) is 17.9. The van der Waals surface area contributed by atoms with E-state index >= 15 is 0 Å².